The summed E-state index contributed by atoms with van der Waals surface area (Å²) in [7, 11) is 0. The van der Waals surface area contributed by atoms with Crippen LogP contribution in [0.2, 0.25) is 0 Å². The van der Waals surface area contributed by atoms with Gasteiger partial charge >= 0.3 is 0 Å². The normalized spacial score (nSPS) is 27.6. The number of rotatable bonds is 3. The van der Waals surface area contributed by atoms with Gasteiger partial charge in [-0.2, -0.15) is 0 Å². The lowest BCUT2D eigenvalue weighted by Crippen LogP contribution is -2.59. The molecule has 0 aromatic heterocycles. The minimum atomic E-state index is 0.135. The van der Waals surface area contributed by atoms with Gasteiger partial charge in [-0.3, -0.25) is 5.73 Å². The van der Waals surface area contributed by atoms with Crippen LogP contribution in [-0.4, -0.2) is 17.1 Å². The van der Waals surface area contributed by atoms with Crippen molar-refractivity contribution >= 4 is 0 Å². The van der Waals surface area contributed by atoms with Crippen LogP contribution in [0.1, 0.15) is 60.3 Å². The van der Waals surface area contributed by atoms with E-state index in [1.165, 1.54) is 0 Å². The molecule has 0 aromatic carbocycles. The van der Waals surface area contributed by atoms with Crippen molar-refractivity contribution in [3.05, 3.63) is 0 Å². The Balaban J connectivity index is 2.66. The van der Waals surface area contributed by atoms with Crippen molar-refractivity contribution in [2.24, 2.45) is 5.92 Å². The Labute approximate surface area is 95.0 Å². The summed E-state index contributed by atoms with van der Waals surface area (Å²) in [6.45, 7) is 11.2. The summed E-state index contributed by atoms with van der Waals surface area (Å²) in [5, 5.41) is 3.68. The Kier molecular flexibility index (Phi) is 3.83. The van der Waals surface area contributed by atoms with Crippen molar-refractivity contribution in [2.75, 3.05) is 0 Å². The highest BCUT2D eigenvalue weighted by molar-refractivity contribution is 4.99. The maximum atomic E-state index is 8.19. The minimum Gasteiger partial charge on any atom is -0.307 e. The standard InChI is InChI=1S/C13H27N2/c1-6-7-11(14)10-8-12(2,3)15-13(4,5)9-10/h10-11,14-15H,6-9H2,1-5H3. The zero-order valence-corrected chi connectivity index (χ0v) is 11.0. The zero-order valence-electron chi connectivity index (χ0n) is 11.0. The molecule has 0 saturated carbocycles. The minimum absolute atomic E-state index is 0.135. The first-order valence-corrected chi connectivity index (χ1v) is 6.26. The van der Waals surface area contributed by atoms with Crippen molar-refractivity contribution in [1.29, 1.82) is 0 Å². The van der Waals surface area contributed by atoms with Gasteiger partial charge in [0.1, 0.15) is 0 Å². The summed E-state index contributed by atoms with van der Waals surface area (Å²) in [5.74, 6) is 0.566. The third kappa shape index (κ3) is 3.76. The molecule has 15 heavy (non-hydrogen) atoms. The van der Waals surface area contributed by atoms with Crippen molar-refractivity contribution in [1.82, 2.24) is 11.1 Å². The summed E-state index contributed by atoms with van der Waals surface area (Å²) >= 11 is 0. The van der Waals surface area contributed by atoms with Gasteiger partial charge in [-0.15, -0.1) is 0 Å². The monoisotopic (exact) mass is 211 g/mol. The molecule has 2 N–H and O–H groups in total. The molecule has 89 valence electrons. The quantitative estimate of drug-likeness (QED) is 0.765. The average molecular weight is 211 g/mol. The van der Waals surface area contributed by atoms with Crippen molar-refractivity contribution in [3.63, 3.8) is 0 Å². The summed E-state index contributed by atoms with van der Waals surface area (Å²) in [4.78, 5) is 0. The Morgan fingerprint density at radius 2 is 1.67 bits per heavy atom. The maximum absolute atomic E-state index is 8.19. The molecule has 0 aliphatic carbocycles. The van der Waals surface area contributed by atoms with Crippen LogP contribution >= 0.6 is 0 Å². The number of hydrogen-bond donors (Lipinski definition) is 1. The van der Waals surface area contributed by atoms with Crippen molar-refractivity contribution in [3.8, 4) is 0 Å². The second kappa shape index (κ2) is 4.42. The molecule has 1 saturated heterocycles. The Morgan fingerprint density at radius 3 is 2.07 bits per heavy atom. The molecule has 1 radical (unpaired) electrons. The van der Waals surface area contributed by atoms with Gasteiger partial charge in [0.2, 0.25) is 0 Å². The predicted octanol–water partition coefficient (Wildman–Crippen LogP) is 2.99. The Hall–Kier alpha value is -0.0800. The van der Waals surface area contributed by atoms with E-state index in [1.54, 1.807) is 0 Å². The number of piperidine rings is 1. The maximum Gasteiger partial charge on any atom is 0.0242 e. The van der Waals surface area contributed by atoms with E-state index in [2.05, 4.69) is 39.9 Å². The second-order valence-electron chi connectivity index (χ2n) is 6.46. The lowest BCUT2D eigenvalue weighted by atomic mass is 9.72. The van der Waals surface area contributed by atoms with Crippen LogP contribution in [0.15, 0.2) is 0 Å². The molecule has 0 amide bonds. The molecule has 0 aromatic rings. The van der Waals surface area contributed by atoms with Crippen LogP contribution in [0.3, 0.4) is 0 Å². The highest BCUT2D eigenvalue weighted by Crippen LogP contribution is 2.35. The van der Waals surface area contributed by atoms with E-state index in [9.17, 15) is 0 Å². The molecule has 0 spiro atoms. The molecule has 1 atom stereocenters. The largest absolute Gasteiger partial charge is 0.307 e. The Bertz CT molecular complexity index is 193. The van der Waals surface area contributed by atoms with Crippen LogP contribution < -0.4 is 11.1 Å². The van der Waals surface area contributed by atoms with Crippen LogP contribution in [0.4, 0.5) is 0 Å². The highest BCUT2D eigenvalue weighted by Gasteiger charge is 2.39. The third-order valence-electron chi connectivity index (χ3n) is 3.39. The molecule has 1 aliphatic rings. The zero-order chi connectivity index (χ0) is 11.7. The lowest BCUT2D eigenvalue weighted by molar-refractivity contribution is 0.109. The molecule has 2 heteroatoms. The van der Waals surface area contributed by atoms with Crippen molar-refractivity contribution < 1.29 is 0 Å². The van der Waals surface area contributed by atoms with Crippen LogP contribution in [0, 0.1) is 5.92 Å². The average Bonchev–Trinajstić information content (AvgIpc) is 1.98. The fourth-order valence-corrected chi connectivity index (χ4v) is 3.23. The molecule has 2 nitrogen and oxygen atoms in total. The molecule has 0 bridgehead atoms. The first-order valence-electron chi connectivity index (χ1n) is 6.26. The number of hydrogen-bond acceptors (Lipinski definition) is 1. The highest BCUT2D eigenvalue weighted by atomic mass is 15.1. The Morgan fingerprint density at radius 1 is 1.20 bits per heavy atom. The van der Waals surface area contributed by atoms with Crippen molar-refractivity contribution in [2.45, 2.75) is 77.4 Å². The van der Waals surface area contributed by atoms with E-state index in [1.807, 2.05) is 0 Å². The molecule has 1 aliphatic heterocycles. The fraction of sp³-hybridized carbons (Fsp3) is 1.00. The van der Waals surface area contributed by atoms with Gasteiger partial charge in [0.05, 0.1) is 0 Å². The smallest absolute Gasteiger partial charge is 0.0242 e. The van der Waals surface area contributed by atoms with E-state index in [4.69, 9.17) is 5.73 Å². The SMILES string of the molecule is CCCC([NH])C1CC(C)(C)NC(C)(C)C1. The summed E-state index contributed by atoms with van der Waals surface area (Å²) in [6.07, 6.45) is 4.48. The van der Waals surface area contributed by atoms with E-state index in [0.29, 0.717) is 5.92 Å². The second-order valence-corrected chi connectivity index (χ2v) is 6.46. The topological polar surface area (TPSA) is 35.8 Å². The van der Waals surface area contributed by atoms with Crippen LogP contribution in [0.5, 0.6) is 0 Å². The van der Waals surface area contributed by atoms with Gasteiger partial charge < -0.3 is 5.32 Å². The molecule has 1 unspecified atom stereocenters. The summed E-state index contributed by atoms with van der Waals surface area (Å²) < 4.78 is 0. The van der Waals surface area contributed by atoms with Gasteiger partial charge in [-0.05, 0) is 52.9 Å². The summed E-state index contributed by atoms with van der Waals surface area (Å²) in [5.41, 5.74) is 8.58. The molecular formula is C13H27N2. The molecule has 1 fully saturated rings. The van der Waals surface area contributed by atoms with E-state index in [-0.39, 0.29) is 17.1 Å². The van der Waals surface area contributed by atoms with Gasteiger partial charge in [-0.1, -0.05) is 13.3 Å². The van der Waals surface area contributed by atoms with Gasteiger partial charge in [0.15, 0.2) is 0 Å². The van der Waals surface area contributed by atoms with Crippen LogP contribution in [0.25, 0.3) is 0 Å². The summed E-state index contributed by atoms with van der Waals surface area (Å²) in [6, 6.07) is 0.135. The predicted molar refractivity (Wildman–Crippen MR) is 65.8 cm³/mol. The fourth-order valence-electron chi connectivity index (χ4n) is 3.23. The first kappa shape index (κ1) is 13.0. The van der Waals surface area contributed by atoms with Gasteiger partial charge in [0, 0.05) is 17.1 Å². The van der Waals surface area contributed by atoms with Gasteiger partial charge in [0.25, 0.3) is 0 Å². The lowest BCUT2D eigenvalue weighted by Gasteiger charge is -2.48. The first-order chi connectivity index (χ1) is 6.76. The molecular weight excluding hydrogens is 184 g/mol. The van der Waals surface area contributed by atoms with E-state index >= 15 is 0 Å². The van der Waals surface area contributed by atoms with E-state index < -0.39 is 0 Å². The van der Waals surface area contributed by atoms with E-state index in [0.717, 1.165) is 25.7 Å². The third-order valence-corrected chi connectivity index (χ3v) is 3.39. The number of nitrogens with one attached hydrogen (secondary N) is 2. The van der Waals surface area contributed by atoms with Crippen LogP contribution in [-0.2, 0) is 0 Å². The molecule has 1 rings (SSSR count). The molecule has 1 heterocycles. The van der Waals surface area contributed by atoms with Gasteiger partial charge in [-0.25, -0.2) is 0 Å².